The largest absolute Gasteiger partial charge is 0.231 e. The van der Waals surface area contributed by atoms with E-state index >= 15 is 0 Å². The molecule has 0 spiro atoms. The average Bonchev–Trinajstić information content (AvgIpc) is 2.13. The van der Waals surface area contributed by atoms with E-state index in [4.69, 9.17) is 20.4 Å². The highest BCUT2D eigenvalue weighted by atomic mass is 32.2. The number of hydrogen-bond acceptors (Lipinski definition) is 5. The summed E-state index contributed by atoms with van der Waals surface area (Å²) in [7, 11) is 0. The van der Waals surface area contributed by atoms with Gasteiger partial charge in [0.15, 0.2) is 0 Å². The van der Waals surface area contributed by atoms with Gasteiger partial charge in [-0.3, -0.25) is 0 Å². The van der Waals surface area contributed by atoms with Crippen LogP contribution in [-0.2, 0) is 9.59 Å². The average molecular weight is 230 g/mol. The Kier molecular flexibility index (Phi) is 10.6. The van der Waals surface area contributed by atoms with Crippen LogP contribution in [0.15, 0.2) is 0 Å². The van der Waals surface area contributed by atoms with Gasteiger partial charge < -0.3 is 0 Å². The first-order valence-corrected chi connectivity index (χ1v) is 5.66. The van der Waals surface area contributed by atoms with E-state index in [1.807, 2.05) is 0 Å². The van der Waals surface area contributed by atoms with Crippen LogP contribution in [0.25, 0.3) is 0 Å². The fourth-order valence-corrected chi connectivity index (χ4v) is 2.45. The van der Waals surface area contributed by atoms with E-state index in [9.17, 15) is 0 Å². The summed E-state index contributed by atoms with van der Waals surface area (Å²) in [5.41, 5.74) is 0. The quantitative estimate of drug-likeness (QED) is 0.496. The Bertz CT molecular complexity index is 218. The van der Waals surface area contributed by atoms with Crippen LogP contribution in [0.2, 0.25) is 0 Å². The van der Waals surface area contributed by atoms with Crippen molar-refractivity contribution in [3.63, 3.8) is 0 Å². The Labute approximate surface area is 94.8 Å². The van der Waals surface area contributed by atoms with Crippen molar-refractivity contribution in [2.75, 3.05) is 5.75 Å². The highest BCUT2D eigenvalue weighted by Crippen LogP contribution is 2.39. The number of thioether (sulfide) groups is 1. The number of rotatable bonds is 0. The molecule has 0 aromatic heterocycles. The zero-order chi connectivity index (χ0) is 12.3. The molecule has 0 aromatic carbocycles. The minimum atomic E-state index is 0.554. The second kappa shape index (κ2) is 9.66. The first-order chi connectivity index (χ1) is 6.96. The van der Waals surface area contributed by atoms with E-state index < -0.39 is 0 Å². The lowest BCUT2D eigenvalue weighted by Gasteiger charge is -2.35. The SMILES string of the molecule is CC1CCCSC1(C)C.N=C=O.N=C=O. The maximum atomic E-state index is 8.35. The van der Waals surface area contributed by atoms with E-state index in [1.165, 1.54) is 18.6 Å². The molecule has 1 unspecified atom stereocenters. The molecule has 1 aliphatic rings. The molecule has 86 valence electrons. The second-order valence-electron chi connectivity index (χ2n) is 3.70. The van der Waals surface area contributed by atoms with Gasteiger partial charge in [0.2, 0.25) is 12.2 Å². The fourth-order valence-electron chi connectivity index (χ4n) is 1.21. The summed E-state index contributed by atoms with van der Waals surface area (Å²) in [6.45, 7) is 7.09. The topological polar surface area (TPSA) is 81.8 Å². The first-order valence-electron chi connectivity index (χ1n) is 4.68. The third-order valence-corrected chi connectivity index (χ3v) is 4.08. The molecule has 1 atom stereocenters. The summed E-state index contributed by atoms with van der Waals surface area (Å²) in [4.78, 5) is 16.7. The van der Waals surface area contributed by atoms with Crippen LogP contribution in [-0.4, -0.2) is 22.7 Å². The fraction of sp³-hybridized carbons (Fsp3) is 0.800. The summed E-state index contributed by atoms with van der Waals surface area (Å²) in [5.74, 6) is 2.29. The molecule has 0 amide bonds. The molecule has 1 saturated heterocycles. The van der Waals surface area contributed by atoms with Gasteiger partial charge in [-0.05, 0) is 24.5 Å². The number of nitrogens with one attached hydrogen (secondary N) is 2. The molecule has 0 radical (unpaired) electrons. The molecule has 0 aromatic rings. The van der Waals surface area contributed by atoms with Crippen LogP contribution in [0.3, 0.4) is 0 Å². The molecule has 0 saturated carbocycles. The molecule has 0 aliphatic carbocycles. The molecular formula is C10H18N2O2S. The molecule has 2 N–H and O–H groups in total. The summed E-state index contributed by atoms with van der Waals surface area (Å²) in [6.07, 6.45) is 4.36. The predicted molar refractivity (Wildman–Crippen MR) is 61.8 cm³/mol. The van der Waals surface area contributed by atoms with Crippen molar-refractivity contribution in [2.24, 2.45) is 5.92 Å². The number of isocyanates is 2. The van der Waals surface area contributed by atoms with E-state index in [1.54, 1.807) is 0 Å². The maximum Gasteiger partial charge on any atom is 0.231 e. The molecule has 1 fully saturated rings. The van der Waals surface area contributed by atoms with Gasteiger partial charge in [-0.1, -0.05) is 20.8 Å². The van der Waals surface area contributed by atoms with Crippen molar-refractivity contribution in [3.8, 4) is 0 Å². The Morgan fingerprint density at radius 3 is 1.87 bits per heavy atom. The zero-order valence-corrected chi connectivity index (χ0v) is 10.2. The highest BCUT2D eigenvalue weighted by Gasteiger charge is 2.28. The van der Waals surface area contributed by atoms with Gasteiger partial charge in [-0.2, -0.15) is 11.8 Å². The van der Waals surface area contributed by atoms with E-state index in [0.717, 1.165) is 18.1 Å². The van der Waals surface area contributed by atoms with Crippen molar-refractivity contribution in [3.05, 3.63) is 0 Å². The number of hydrogen-bond donors (Lipinski definition) is 2. The minimum Gasteiger partial charge on any atom is -0.222 e. The molecule has 1 heterocycles. The smallest absolute Gasteiger partial charge is 0.222 e. The summed E-state index contributed by atoms with van der Waals surface area (Å²) >= 11 is 2.13. The lowest BCUT2D eigenvalue weighted by atomic mass is 9.92. The molecule has 1 aliphatic heterocycles. The Morgan fingerprint density at radius 1 is 1.27 bits per heavy atom. The molecule has 1 rings (SSSR count). The van der Waals surface area contributed by atoms with Gasteiger partial charge in [-0.25, -0.2) is 20.4 Å². The van der Waals surface area contributed by atoms with Crippen LogP contribution < -0.4 is 0 Å². The monoisotopic (exact) mass is 230 g/mol. The lowest BCUT2D eigenvalue weighted by Crippen LogP contribution is -2.29. The third-order valence-electron chi connectivity index (χ3n) is 2.44. The van der Waals surface area contributed by atoms with Crippen LogP contribution in [0.4, 0.5) is 0 Å². The molecule has 4 nitrogen and oxygen atoms in total. The van der Waals surface area contributed by atoms with Crippen LogP contribution >= 0.6 is 11.8 Å². The summed E-state index contributed by atoms with van der Waals surface area (Å²) in [5, 5.41) is 10.8. The van der Waals surface area contributed by atoms with E-state index in [-0.39, 0.29) is 0 Å². The van der Waals surface area contributed by atoms with Crippen molar-refractivity contribution < 1.29 is 9.59 Å². The van der Waals surface area contributed by atoms with Gasteiger partial charge in [0, 0.05) is 4.75 Å². The van der Waals surface area contributed by atoms with E-state index in [0.29, 0.717) is 4.75 Å². The van der Waals surface area contributed by atoms with Crippen molar-refractivity contribution in [1.82, 2.24) is 0 Å². The van der Waals surface area contributed by atoms with E-state index in [2.05, 4.69) is 32.5 Å². The van der Waals surface area contributed by atoms with Gasteiger partial charge in [-0.15, -0.1) is 0 Å². The highest BCUT2D eigenvalue weighted by molar-refractivity contribution is 8.00. The van der Waals surface area contributed by atoms with Crippen molar-refractivity contribution >= 4 is 23.9 Å². The van der Waals surface area contributed by atoms with Gasteiger partial charge in [0.05, 0.1) is 0 Å². The maximum absolute atomic E-state index is 8.35. The summed E-state index contributed by atoms with van der Waals surface area (Å²) < 4.78 is 0.554. The zero-order valence-electron chi connectivity index (χ0n) is 9.42. The molecule has 15 heavy (non-hydrogen) atoms. The minimum absolute atomic E-state index is 0.554. The van der Waals surface area contributed by atoms with Gasteiger partial charge >= 0.3 is 0 Å². The Balaban J connectivity index is 0. The normalized spacial score (nSPS) is 21.7. The van der Waals surface area contributed by atoms with Gasteiger partial charge in [0.25, 0.3) is 0 Å². The van der Waals surface area contributed by atoms with Crippen LogP contribution in [0, 0.1) is 16.7 Å². The van der Waals surface area contributed by atoms with Crippen LogP contribution in [0.5, 0.6) is 0 Å². The second-order valence-corrected chi connectivity index (χ2v) is 5.45. The third kappa shape index (κ3) is 9.42. The Morgan fingerprint density at radius 2 is 1.67 bits per heavy atom. The number of carbonyl (C=O) groups excluding carboxylic acids is 2. The van der Waals surface area contributed by atoms with Gasteiger partial charge in [0.1, 0.15) is 0 Å². The van der Waals surface area contributed by atoms with Crippen LogP contribution in [0.1, 0.15) is 33.6 Å². The molecule has 0 bridgehead atoms. The lowest BCUT2D eigenvalue weighted by molar-refractivity contribution is 0.412. The standard InChI is InChI=1S/C8H16S.2CHNO/c1-7-5-4-6-9-8(7,2)3;2*2-1-3/h7H,4-6H2,1-3H3;2*2H. The predicted octanol–water partition coefficient (Wildman–Crippen LogP) is 2.73. The summed E-state index contributed by atoms with van der Waals surface area (Å²) in [6, 6.07) is 0. The molecule has 5 heteroatoms. The first kappa shape index (κ1) is 16.5. The molecular weight excluding hydrogens is 212 g/mol. The van der Waals surface area contributed by atoms with Crippen molar-refractivity contribution in [1.29, 1.82) is 10.8 Å². The van der Waals surface area contributed by atoms with Crippen molar-refractivity contribution in [2.45, 2.75) is 38.4 Å². The Hall–Kier alpha value is -0.890.